The van der Waals surface area contributed by atoms with Gasteiger partial charge in [0.25, 0.3) is 0 Å². The zero-order valence-electron chi connectivity index (χ0n) is 9.17. The Labute approximate surface area is 103 Å². The molecule has 102 valence electrons. The van der Waals surface area contributed by atoms with Crippen LogP contribution in [0.5, 0.6) is 5.75 Å². The predicted molar refractivity (Wildman–Crippen MR) is 55.6 cm³/mol. The number of alkyl halides is 5. The van der Waals surface area contributed by atoms with Crippen molar-refractivity contribution in [1.82, 2.24) is 10.2 Å². The average Bonchev–Trinajstić information content (AvgIpc) is 2.77. The molecule has 0 bridgehead atoms. The zero-order chi connectivity index (χ0) is 14.3. The van der Waals surface area contributed by atoms with Gasteiger partial charge in [0.2, 0.25) is 0 Å². The fourth-order valence-corrected chi connectivity index (χ4v) is 1.46. The Kier molecular flexibility index (Phi) is 2.95. The number of rotatable bonds is 2. The van der Waals surface area contributed by atoms with E-state index in [1.807, 2.05) is 0 Å². The number of halogens is 5. The van der Waals surface area contributed by atoms with Crippen LogP contribution < -0.4 is 0 Å². The van der Waals surface area contributed by atoms with Gasteiger partial charge in [0.1, 0.15) is 11.4 Å². The van der Waals surface area contributed by atoms with E-state index in [9.17, 15) is 27.1 Å². The van der Waals surface area contributed by atoms with Crippen LogP contribution in [-0.4, -0.2) is 21.5 Å². The van der Waals surface area contributed by atoms with Crippen LogP contribution in [-0.2, 0) is 5.92 Å². The van der Waals surface area contributed by atoms with Crippen LogP contribution in [0.25, 0.3) is 11.3 Å². The van der Waals surface area contributed by atoms with E-state index in [2.05, 4.69) is 5.10 Å². The molecule has 0 amide bonds. The third-order valence-electron chi connectivity index (χ3n) is 2.45. The van der Waals surface area contributed by atoms with E-state index in [1.54, 1.807) is 5.10 Å². The molecule has 1 aromatic carbocycles. The van der Waals surface area contributed by atoms with Gasteiger partial charge in [-0.25, -0.2) is 0 Å². The SMILES string of the molecule is Oc1ccccc1-c1cc(C(F)(F)C(F)(F)F)[nH]n1. The minimum Gasteiger partial charge on any atom is -0.507 e. The summed E-state index contributed by atoms with van der Waals surface area (Å²) in [6.07, 6.45) is -5.71. The fraction of sp³-hybridized carbons (Fsp3) is 0.182. The van der Waals surface area contributed by atoms with E-state index in [0.29, 0.717) is 6.07 Å². The number of benzene rings is 1. The number of hydrogen-bond donors (Lipinski definition) is 2. The van der Waals surface area contributed by atoms with Gasteiger partial charge in [-0.1, -0.05) is 12.1 Å². The van der Waals surface area contributed by atoms with Crippen LogP contribution in [0.1, 0.15) is 5.69 Å². The molecule has 0 atom stereocenters. The first-order valence-electron chi connectivity index (χ1n) is 5.02. The molecule has 0 aliphatic carbocycles. The fourth-order valence-electron chi connectivity index (χ4n) is 1.46. The molecule has 0 fully saturated rings. The number of phenols is 1. The average molecular weight is 278 g/mol. The smallest absolute Gasteiger partial charge is 0.459 e. The maximum atomic E-state index is 13.0. The van der Waals surface area contributed by atoms with Gasteiger partial charge < -0.3 is 5.11 Å². The molecule has 0 aliphatic rings. The van der Waals surface area contributed by atoms with Crippen LogP contribution in [0.2, 0.25) is 0 Å². The third kappa shape index (κ3) is 2.25. The maximum Gasteiger partial charge on any atom is 0.459 e. The first-order valence-corrected chi connectivity index (χ1v) is 5.02. The van der Waals surface area contributed by atoms with Crippen LogP contribution in [0.15, 0.2) is 30.3 Å². The first kappa shape index (κ1) is 13.3. The van der Waals surface area contributed by atoms with Crippen molar-refractivity contribution >= 4 is 0 Å². The highest BCUT2D eigenvalue weighted by Crippen LogP contribution is 2.44. The minimum atomic E-state index is -5.71. The van der Waals surface area contributed by atoms with E-state index in [0.717, 1.165) is 0 Å². The van der Waals surface area contributed by atoms with Gasteiger partial charge in [-0.2, -0.15) is 27.1 Å². The molecule has 2 rings (SSSR count). The number of aromatic nitrogens is 2. The van der Waals surface area contributed by atoms with Crippen molar-refractivity contribution in [2.24, 2.45) is 0 Å². The summed E-state index contributed by atoms with van der Waals surface area (Å²) in [6, 6.07) is 6.15. The van der Waals surface area contributed by atoms with Crippen molar-refractivity contribution in [3.8, 4) is 17.0 Å². The third-order valence-corrected chi connectivity index (χ3v) is 2.45. The summed E-state index contributed by atoms with van der Waals surface area (Å²) < 4.78 is 62.6. The molecule has 0 unspecified atom stereocenters. The highest BCUT2D eigenvalue weighted by molar-refractivity contribution is 5.66. The lowest BCUT2D eigenvalue weighted by Crippen LogP contribution is -2.33. The van der Waals surface area contributed by atoms with Gasteiger partial charge in [0.15, 0.2) is 0 Å². The van der Waals surface area contributed by atoms with E-state index in [4.69, 9.17) is 0 Å². The Morgan fingerprint density at radius 3 is 2.26 bits per heavy atom. The highest BCUT2D eigenvalue weighted by Gasteiger charge is 2.60. The largest absolute Gasteiger partial charge is 0.507 e. The molecule has 2 N–H and O–H groups in total. The molecule has 1 aromatic heterocycles. The van der Waals surface area contributed by atoms with Gasteiger partial charge in [0, 0.05) is 5.56 Å². The topological polar surface area (TPSA) is 48.9 Å². The van der Waals surface area contributed by atoms with E-state index in [1.165, 1.54) is 24.3 Å². The van der Waals surface area contributed by atoms with E-state index < -0.39 is 17.8 Å². The highest BCUT2D eigenvalue weighted by atomic mass is 19.4. The number of para-hydroxylation sites is 1. The number of H-pyrrole nitrogens is 1. The van der Waals surface area contributed by atoms with Crippen molar-refractivity contribution in [2.75, 3.05) is 0 Å². The molecular weight excluding hydrogens is 271 g/mol. The lowest BCUT2D eigenvalue weighted by atomic mass is 10.1. The summed E-state index contributed by atoms with van der Waals surface area (Å²) in [4.78, 5) is 0. The van der Waals surface area contributed by atoms with Crippen molar-refractivity contribution < 1.29 is 27.1 Å². The van der Waals surface area contributed by atoms with Crippen LogP contribution in [0.3, 0.4) is 0 Å². The summed E-state index contributed by atoms with van der Waals surface area (Å²) in [5, 5.41) is 14.5. The van der Waals surface area contributed by atoms with Gasteiger partial charge in [-0.15, -0.1) is 0 Å². The van der Waals surface area contributed by atoms with E-state index >= 15 is 0 Å². The number of aromatic hydroxyl groups is 1. The van der Waals surface area contributed by atoms with Crippen LogP contribution in [0, 0.1) is 0 Å². The normalized spacial score (nSPS) is 12.7. The second-order valence-corrected chi connectivity index (χ2v) is 3.76. The minimum absolute atomic E-state index is 0.0583. The Hall–Kier alpha value is -2.12. The Morgan fingerprint density at radius 1 is 1.05 bits per heavy atom. The van der Waals surface area contributed by atoms with Crippen molar-refractivity contribution in [1.29, 1.82) is 0 Å². The summed E-state index contributed by atoms with van der Waals surface area (Å²) in [7, 11) is 0. The number of aromatic amines is 1. The Morgan fingerprint density at radius 2 is 1.68 bits per heavy atom. The standard InChI is InChI=1S/C11H7F5N2O/c12-10(13,11(14,15)16)9-5-7(17-18-9)6-3-1-2-4-8(6)19/h1-5,19H,(H,17,18). The van der Waals surface area contributed by atoms with Gasteiger partial charge >= 0.3 is 12.1 Å². The summed E-state index contributed by atoms with van der Waals surface area (Å²) in [6.45, 7) is 0. The monoisotopic (exact) mass is 278 g/mol. The summed E-state index contributed by atoms with van der Waals surface area (Å²) >= 11 is 0. The first-order chi connectivity index (χ1) is 8.73. The van der Waals surface area contributed by atoms with Crippen molar-refractivity contribution in [2.45, 2.75) is 12.1 Å². The maximum absolute atomic E-state index is 13.0. The molecular formula is C11H7F5N2O. The quantitative estimate of drug-likeness (QED) is 0.827. The predicted octanol–water partition coefficient (Wildman–Crippen LogP) is 3.44. The van der Waals surface area contributed by atoms with Gasteiger partial charge in [-0.05, 0) is 18.2 Å². The molecule has 0 aliphatic heterocycles. The molecule has 8 heteroatoms. The number of nitrogens with zero attached hydrogens (tertiary/aromatic N) is 1. The zero-order valence-corrected chi connectivity index (χ0v) is 9.17. The van der Waals surface area contributed by atoms with Crippen molar-refractivity contribution in [3.05, 3.63) is 36.0 Å². The number of nitrogens with one attached hydrogen (secondary N) is 1. The molecule has 1 heterocycles. The molecule has 0 radical (unpaired) electrons. The molecule has 0 saturated carbocycles. The van der Waals surface area contributed by atoms with Crippen LogP contribution >= 0.6 is 0 Å². The molecule has 19 heavy (non-hydrogen) atoms. The number of phenolic OH excluding ortho intramolecular Hbond substituents is 1. The Bertz CT molecular complexity index is 591. The van der Waals surface area contributed by atoms with Crippen LogP contribution in [0.4, 0.5) is 22.0 Å². The molecule has 0 saturated heterocycles. The molecule has 3 nitrogen and oxygen atoms in total. The molecule has 0 spiro atoms. The number of hydrogen-bond acceptors (Lipinski definition) is 2. The second-order valence-electron chi connectivity index (χ2n) is 3.76. The second kappa shape index (κ2) is 4.22. The van der Waals surface area contributed by atoms with Gasteiger partial charge in [0.05, 0.1) is 5.69 Å². The van der Waals surface area contributed by atoms with Gasteiger partial charge in [-0.3, -0.25) is 5.10 Å². The summed E-state index contributed by atoms with van der Waals surface area (Å²) in [5.74, 6) is -5.29. The summed E-state index contributed by atoms with van der Waals surface area (Å²) in [5.41, 5.74) is -1.52. The van der Waals surface area contributed by atoms with Crippen molar-refractivity contribution in [3.63, 3.8) is 0 Å². The molecule has 2 aromatic rings. The lowest BCUT2D eigenvalue weighted by molar-refractivity contribution is -0.290. The Balaban J connectivity index is 2.43. The lowest BCUT2D eigenvalue weighted by Gasteiger charge is -2.17. The van der Waals surface area contributed by atoms with E-state index in [-0.39, 0.29) is 17.0 Å².